The molecule has 138 valence electrons. The molecule has 1 aromatic heterocycles. The number of carbonyl (C=O) groups excluding carboxylic acids is 1. The van der Waals surface area contributed by atoms with Gasteiger partial charge in [0.05, 0.1) is 25.6 Å². The van der Waals surface area contributed by atoms with Crippen LogP contribution in [0, 0.1) is 5.92 Å². The van der Waals surface area contributed by atoms with Crippen LogP contribution in [0.5, 0.6) is 11.5 Å². The number of rotatable bonds is 6. The SMILES string of the molecule is COc1ccc(-c2n[nH]c(C3CC3)c2NC(=O)C2CCCC2)cc1OC. The topological polar surface area (TPSA) is 76.2 Å². The second kappa shape index (κ2) is 7.02. The van der Waals surface area contributed by atoms with E-state index in [0.717, 1.165) is 61.2 Å². The summed E-state index contributed by atoms with van der Waals surface area (Å²) in [5.74, 6) is 2.03. The average molecular weight is 355 g/mol. The van der Waals surface area contributed by atoms with Gasteiger partial charge in [0, 0.05) is 17.4 Å². The van der Waals surface area contributed by atoms with Crippen molar-refractivity contribution in [2.75, 3.05) is 19.5 Å². The lowest BCUT2D eigenvalue weighted by atomic mass is 10.0. The largest absolute Gasteiger partial charge is 0.493 e. The minimum absolute atomic E-state index is 0.118. The predicted octanol–water partition coefficient (Wildman–Crippen LogP) is 4.10. The molecule has 2 saturated carbocycles. The molecule has 2 fully saturated rings. The van der Waals surface area contributed by atoms with Crippen LogP contribution in [0.1, 0.15) is 50.1 Å². The third kappa shape index (κ3) is 3.16. The van der Waals surface area contributed by atoms with Gasteiger partial charge in [0.2, 0.25) is 5.91 Å². The quantitative estimate of drug-likeness (QED) is 0.818. The summed E-state index contributed by atoms with van der Waals surface area (Å²) in [6.07, 6.45) is 6.52. The molecule has 2 N–H and O–H groups in total. The van der Waals surface area contributed by atoms with E-state index in [1.54, 1.807) is 14.2 Å². The van der Waals surface area contributed by atoms with Crippen molar-refractivity contribution in [2.45, 2.75) is 44.4 Å². The van der Waals surface area contributed by atoms with Crippen LogP contribution in [-0.4, -0.2) is 30.3 Å². The molecule has 26 heavy (non-hydrogen) atoms. The Morgan fingerprint density at radius 3 is 2.50 bits per heavy atom. The van der Waals surface area contributed by atoms with Crippen molar-refractivity contribution in [1.82, 2.24) is 10.2 Å². The number of benzene rings is 1. The molecular formula is C20H25N3O3. The second-order valence-corrected chi connectivity index (χ2v) is 7.18. The smallest absolute Gasteiger partial charge is 0.227 e. The van der Waals surface area contributed by atoms with Gasteiger partial charge in [-0.3, -0.25) is 9.89 Å². The lowest BCUT2D eigenvalue weighted by molar-refractivity contribution is -0.119. The average Bonchev–Trinajstić information content (AvgIpc) is 3.19. The van der Waals surface area contributed by atoms with Crippen molar-refractivity contribution in [2.24, 2.45) is 5.92 Å². The number of H-pyrrole nitrogens is 1. The number of carbonyl (C=O) groups is 1. The highest BCUT2D eigenvalue weighted by Crippen LogP contribution is 2.46. The molecule has 0 radical (unpaired) electrons. The van der Waals surface area contributed by atoms with Crippen molar-refractivity contribution in [3.05, 3.63) is 23.9 Å². The van der Waals surface area contributed by atoms with E-state index >= 15 is 0 Å². The minimum Gasteiger partial charge on any atom is -0.493 e. The maximum atomic E-state index is 12.7. The third-order valence-electron chi connectivity index (χ3n) is 5.41. The molecule has 1 amide bonds. The molecule has 1 heterocycles. The number of aromatic nitrogens is 2. The third-order valence-corrected chi connectivity index (χ3v) is 5.41. The van der Waals surface area contributed by atoms with E-state index in [1.165, 1.54) is 0 Å². The van der Waals surface area contributed by atoms with Gasteiger partial charge in [0.1, 0.15) is 5.69 Å². The lowest BCUT2D eigenvalue weighted by Crippen LogP contribution is -2.21. The molecule has 0 atom stereocenters. The van der Waals surface area contributed by atoms with E-state index < -0.39 is 0 Å². The number of nitrogens with zero attached hydrogens (tertiary/aromatic N) is 1. The maximum absolute atomic E-state index is 12.7. The zero-order chi connectivity index (χ0) is 18.1. The molecule has 0 saturated heterocycles. The van der Waals surface area contributed by atoms with Gasteiger partial charge in [-0.15, -0.1) is 0 Å². The van der Waals surface area contributed by atoms with Crippen LogP contribution < -0.4 is 14.8 Å². The molecule has 1 aromatic carbocycles. The van der Waals surface area contributed by atoms with Crippen LogP contribution in [0.15, 0.2) is 18.2 Å². The molecule has 6 heteroatoms. The first kappa shape index (κ1) is 16.9. The number of methoxy groups -OCH3 is 2. The fourth-order valence-electron chi connectivity index (χ4n) is 3.76. The first-order chi connectivity index (χ1) is 12.7. The Balaban J connectivity index is 1.69. The van der Waals surface area contributed by atoms with Crippen LogP contribution in [0.25, 0.3) is 11.3 Å². The van der Waals surface area contributed by atoms with E-state index in [9.17, 15) is 4.79 Å². The summed E-state index contributed by atoms with van der Waals surface area (Å²) >= 11 is 0. The Morgan fingerprint density at radius 2 is 1.85 bits per heavy atom. The van der Waals surface area contributed by atoms with E-state index in [2.05, 4.69) is 15.5 Å². The fraction of sp³-hybridized carbons (Fsp3) is 0.500. The highest BCUT2D eigenvalue weighted by molar-refractivity contribution is 5.97. The summed E-state index contributed by atoms with van der Waals surface area (Å²) in [5, 5.41) is 10.9. The summed E-state index contributed by atoms with van der Waals surface area (Å²) in [5.41, 5.74) is 3.53. The van der Waals surface area contributed by atoms with Gasteiger partial charge in [0.25, 0.3) is 0 Å². The number of hydrogen-bond acceptors (Lipinski definition) is 4. The van der Waals surface area contributed by atoms with Crippen LogP contribution >= 0.6 is 0 Å². The Labute approximate surface area is 153 Å². The number of nitrogens with one attached hydrogen (secondary N) is 2. The van der Waals surface area contributed by atoms with Crippen molar-refractivity contribution < 1.29 is 14.3 Å². The van der Waals surface area contributed by atoms with Gasteiger partial charge in [-0.1, -0.05) is 12.8 Å². The van der Waals surface area contributed by atoms with Gasteiger partial charge < -0.3 is 14.8 Å². The number of aromatic amines is 1. The van der Waals surface area contributed by atoms with Crippen LogP contribution in [-0.2, 0) is 4.79 Å². The summed E-state index contributed by atoms with van der Waals surface area (Å²) in [4.78, 5) is 12.7. The maximum Gasteiger partial charge on any atom is 0.227 e. The molecule has 2 aliphatic carbocycles. The summed E-state index contributed by atoms with van der Waals surface area (Å²) in [6, 6.07) is 5.71. The molecule has 0 bridgehead atoms. The fourth-order valence-corrected chi connectivity index (χ4v) is 3.76. The standard InChI is InChI=1S/C20H25N3O3/c1-25-15-10-9-14(11-16(15)26-2)18-19(17(22-23-18)12-7-8-12)21-20(24)13-5-3-4-6-13/h9-13H,3-8H2,1-2H3,(H,21,24)(H,22,23). The zero-order valence-corrected chi connectivity index (χ0v) is 15.3. The molecule has 6 nitrogen and oxygen atoms in total. The molecular weight excluding hydrogens is 330 g/mol. The Kier molecular flexibility index (Phi) is 4.57. The molecule has 2 aromatic rings. The zero-order valence-electron chi connectivity index (χ0n) is 15.3. The molecule has 2 aliphatic rings. The monoisotopic (exact) mass is 355 g/mol. The van der Waals surface area contributed by atoms with E-state index in [1.807, 2.05) is 18.2 Å². The first-order valence-corrected chi connectivity index (χ1v) is 9.32. The summed E-state index contributed by atoms with van der Waals surface area (Å²) < 4.78 is 10.7. The predicted molar refractivity (Wildman–Crippen MR) is 99.7 cm³/mol. The van der Waals surface area contributed by atoms with Gasteiger partial charge in [0.15, 0.2) is 11.5 Å². The van der Waals surface area contributed by atoms with Gasteiger partial charge in [-0.05, 0) is 43.9 Å². The highest BCUT2D eigenvalue weighted by atomic mass is 16.5. The molecule has 0 aliphatic heterocycles. The van der Waals surface area contributed by atoms with Crippen molar-refractivity contribution in [3.8, 4) is 22.8 Å². The first-order valence-electron chi connectivity index (χ1n) is 9.32. The van der Waals surface area contributed by atoms with Crippen LogP contribution in [0.3, 0.4) is 0 Å². The van der Waals surface area contributed by atoms with Crippen LogP contribution in [0.4, 0.5) is 5.69 Å². The summed E-state index contributed by atoms with van der Waals surface area (Å²) in [7, 11) is 3.23. The van der Waals surface area contributed by atoms with Crippen LogP contribution in [0.2, 0.25) is 0 Å². The van der Waals surface area contributed by atoms with Gasteiger partial charge >= 0.3 is 0 Å². The second-order valence-electron chi connectivity index (χ2n) is 7.18. The number of hydrogen-bond donors (Lipinski definition) is 2. The van der Waals surface area contributed by atoms with E-state index in [-0.39, 0.29) is 11.8 Å². The molecule has 0 spiro atoms. The van der Waals surface area contributed by atoms with E-state index in [0.29, 0.717) is 17.4 Å². The molecule has 0 unspecified atom stereocenters. The van der Waals surface area contributed by atoms with E-state index in [4.69, 9.17) is 9.47 Å². The van der Waals surface area contributed by atoms with Gasteiger partial charge in [-0.2, -0.15) is 5.10 Å². The Hall–Kier alpha value is -2.50. The molecule has 4 rings (SSSR count). The highest BCUT2D eigenvalue weighted by Gasteiger charge is 2.32. The van der Waals surface area contributed by atoms with Gasteiger partial charge in [-0.25, -0.2) is 0 Å². The summed E-state index contributed by atoms with van der Waals surface area (Å²) in [6.45, 7) is 0. The Morgan fingerprint density at radius 1 is 1.12 bits per heavy atom. The lowest BCUT2D eigenvalue weighted by Gasteiger charge is -2.13. The normalized spacial score (nSPS) is 17.3. The van der Waals surface area contributed by atoms with Crippen molar-refractivity contribution in [1.29, 1.82) is 0 Å². The van der Waals surface area contributed by atoms with Crippen molar-refractivity contribution in [3.63, 3.8) is 0 Å². The Bertz CT molecular complexity index is 805. The number of anilines is 1. The minimum atomic E-state index is 0.118. The van der Waals surface area contributed by atoms with Crippen molar-refractivity contribution >= 4 is 11.6 Å². The number of ether oxygens (including phenoxy) is 2. The number of amides is 1.